The average Bonchev–Trinajstić information content (AvgIpc) is 2.98. The van der Waals surface area contributed by atoms with E-state index in [9.17, 15) is 19.2 Å². The van der Waals surface area contributed by atoms with E-state index >= 15 is 0 Å². The summed E-state index contributed by atoms with van der Waals surface area (Å²) in [6.07, 6.45) is 8.48. The van der Waals surface area contributed by atoms with Crippen LogP contribution in [-0.4, -0.2) is 46.5 Å². The zero-order chi connectivity index (χ0) is 16.1. The largest absolute Gasteiger partial charge is 0.275 e. The molecule has 2 heterocycles. The van der Waals surface area contributed by atoms with Crippen LogP contribution in [0, 0.1) is 5.92 Å². The maximum atomic E-state index is 11.5. The van der Waals surface area contributed by atoms with Gasteiger partial charge in [0.2, 0.25) is 0 Å². The Labute approximate surface area is 129 Å². The van der Waals surface area contributed by atoms with Gasteiger partial charge in [-0.3, -0.25) is 29.0 Å². The molecular weight excluding hydrogens is 284 g/mol. The Bertz CT molecular complexity index is 514. The molecule has 1 atom stereocenters. The van der Waals surface area contributed by atoms with Crippen LogP contribution < -0.4 is 0 Å². The van der Waals surface area contributed by atoms with Gasteiger partial charge in [-0.05, 0) is 18.8 Å². The standard InChI is InChI=1S/C16H20N2O4/c1-2-12(11-18-15(21)8-9-16(18)22)5-3-4-10-17-13(19)6-7-14(17)20/h6-9,12H,2-5,10-11H2,1H3. The summed E-state index contributed by atoms with van der Waals surface area (Å²) < 4.78 is 0. The van der Waals surface area contributed by atoms with E-state index < -0.39 is 0 Å². The van der Waals surface area contributed by atoms with Crippen molar-refractivity contribution in [2.75, 3.05) is 13.1 Å². The molecule has 0 saturated carbocycles. The zero-order valence-electron chi connectivity index (χ0n) is 12.7. The quantitative estimate of drug-likeness (QED) is 0.496. The summed E-state index contributed by atoms with van der Waals surface area (Å²) in [5.41, 5.74) is 0. The predicted molar refractivity (Wildman–Crippen MR) is 79.4 cm³/mol. The Hall–Kier alpha value is -2.24. The van der Waals surface area contributed by atoms with Crippen molar-refractivity contribution >= 4 is 23.6 Å². The second-order valence-electron chi connectivity index (χ2n) is 5.55. The number of hydrogen-bond donors (Lipinski definition) is 0. The molecule has 0 saturated heterocycles. The van der Waals surface area contributed by atoms with Gasteiger partial charge < -0.3 is 0 Å². The number of imide groups is 2. The monoisotopic (exact) mass is 304 g/mol. The first-order chi connectivity index (χ1) is 10.5. The van der Waals surface area contributed by atoms with E-state index in [1.54, 1.807) is 0 Å². The summed E-state index contributed by atoms with van der Waals surface area (Å²) in [7, 11) is 0. The topological polar surface area (TPSA) is 74.8 Å². The number of carbonyl (C=O) groups excluding carboxylic acids is 4. The van der Waals surface area contributed by atoms with Crippen LogP contribution in [0.3, 0.4) is 0 Å². The molecule has 0 aliphatic carbocycles. The Kier molecular flexibility index (Phi) is 5.25. The fourth-order valence-electron chi connectivity index (χ4n) is 2.65. The summed E-state index contributed by atoms with van der Waals surface area (Å²) in [6, 6.07) is 0. The highest BCUT2D eigenvalue weighted by molar-refractivity contribution is 6.13. The molecule has 0 radical (unpaired) electrons. The van der Waals surface area contributed by atoms with Gasteiger partial charge in [0.05, 0.1) is 0 Å². The zero-order valence-corrected chi connectivity index (χ0v) is 12.7. The van der Waals surface area contributed by atoms with Crippen LogP contribution in [0.5, 0.6) is 0 Å². The van der Waals surface area contributed by atoms with Crippen molar-refractivity contribution in [3.63, 3.8) is 0 Å². The van der Waals surface area contributed by atoms with Crippen molar-refractivity contribution in [1.29, 1.82) is 0 Å². The van der Waals surface area contributed by atoms with E-state index in [0.29, 0.717) is 13.1 Å². The molecule has 2 aliphatic heterocycles. The molecule has 118 valence electrons. The molecule has 0 aromatic heterocycles. The van der Waals surface area contributed by atoms with Crippen molar-refractivity contribution in [3.8, 4) is 0 Å². The van der Waals surface area contributed by atoms with Gasteiger partial charge in [-0.25, -0.2) is 0 Å². The Morgan fingerprint density at radius 2 is 1.32 bits per heavy atom. The van der Waals surface area contributed by atoms with Crippen LogP contribution >= 0.6 is 0 Å². The smallest absolute Gasteiger partial charge is 0.253 e. The minimum atomic E-state index is -0.253. The molecule has 2 aliphatic rings. The van der Waals surface area contributed by atoms with Crippen molar-refractivity contribution in [2.45, 2.75) is 32.6 Å². The van der Waals surface area contributed by atoms with Gasteiger partial charge in [0, 0.05) is 37.4 Å². The van der Waals surface area contributed by atoms with Crippen LogP contribution in [0.25, 0.3) is 0 Å². The van der Waals surface area contributed by atoms with Crippen molar-refractivity contribution in [2.24, 2.45) is 5.92 Å². The highest BCUT2D eigenvalue weighted by Crippen LogP contribution is 2.17. The number of rotatable bonds is 8. The van der Waals surface area contributed by atoms with Crippen LogP contribution in [0.4, 0.5) is 0 Å². The molecule has 2 rings (SSSR count). The molecular formula is C16H20N2O4. The summed E-state index contributed by atoms with van der Waals surface area (Å²) in [4.78, 5) is 48.4. The minimum absolute atomic E-state index is 0.246. The van der Waals surface area contributed by atoms with Gasteiger partial charge in [0.25, 0.3) is 23.6 Å². The summed E-state index contributed by atoms with van der Waals surface area (Å²) in [5, 5.41) is 0. The predicted octanol–water partition coefficient (Wildman–Crippen LogP) is 1.03. The summed E-state index contributed by atoms with van der Waals surface area (Å²) >= 11 is 0. The second-order valence-corrected chi connectivity index (χ2v) is 5.55. The molecule has 1 unspecified atom stereocenters. The molecule has 0 bridgehead atoms. The molecule has 0 fully saturated rings. The molecule has 4 amide bonds. The first-order valence-corrected chi connectivity index (χ1v) is 7.60. The number of nitrogens with zero attached hydrogens (tertiary/aromatic N) is 2. The highest BCUT2D eigenvalue weighted by atomic mass is 16.2. The van der Waals surface area contributed by atoms with Crippen LogP contribution in [0.2, 0.25) is 0 Å². The van der Waals surface area contributed by atoms with Crippen LogP contribution in [0.1, 0.15) is 32.6 Å². The maximum absolute atomic E-state index is 11.5. The van der Waals surface area contributed by atoms with Gasteiger partial charge >= 0.3 is 0 Å². The molecule has 6 heteroatoms. The molecule has 22 heavy (non-hydrogen) atoms. The summed E-state index contributed by atoms with van der Waals surface area (Å²) in [5.74, 6) is -0.755. The third-order valence-corrected chi connectivity index (χ3v) is 4.06. The normalized spacial score (nSPS) is 19.0. The van der Waals surface area contributed by atoms with Gasteiger partial charge in [0.15, 0.2) is 0 Å². The van der Waals surface area contributed by atoms with Crippen LogP contribution in [-0.2, 0) is 19.2 Å². The van der Waals surface area contributed by atoms with E-state index in [4.69, 9.17) is 0 Å². The first kappa shape index (κ1) is 16.1. The average molecular weight is 304 g/mol. The lowest BCUT2D eigenvalue weighted by atomic mass is 9.98. The third-order valence-electron chi connectivity index (χ3n) is 4.06. The first-order valence-electron chi connectivity index (χ1n) is 7.60. The second kappa shape index (κ2) is 7.15. The fraction of sp³-hybridized carbons (Fsp3) is 0.500. The molecule has 6 nitrogen and oxygen atoms in total. The van der Waals surface area contributed by atoms with E-state index in [1.807, 2.05) is 6.92 Å². The van der Waals surface area contributed by atoms with Crippen LogP contribution in [0.15, 0.2) is 24.3 Å². The number of unbranched alkanes of at least 4 members (excludes halogenated alkanes) is 1. The number of carbonyl (C=O) groups is 4. The maximum Gasteiger partial charge on any atom is 0.253 e. The Balaban J connectivity index is 1.70. The lowest BCUT2D eigenvalue weighted by Gasteiger charge is -2.21. The van der Waals surface area contributed by atoms with E-state index in [-0.39, 0.29) is 29.5 Å². The van der Waals surface area contributed by atoms with Gasteiger partial charge in [-0.2, -0.15) is 0 Å². The fourth-order valence-corrected chi connectivity index (χ4v) is 2.65. The molecule has 0 aromatic carbocycles. The minimum Gasteiger partial charge on any atom is -0.275 e. The van der Waals surface area contributed by atoms with E-state index in [2.05, 4.69) is 0 Å². The lowest BCUT2D eigenvalue weighted by Crippen LogP contribution is -2.34. The lowest BCUT2D eigenvalue weighted by molar-refractivity contribution is -0.139. The van der Waals surface area contributed by atoms with Crippen molar-refractivity contribution in [1.82, 2.24) is 9.80 Å². The number of hydrogen-bond acceptors (Lipinski definition) is 4. The molecule has 0 spiro atoms. The molecule has 0 N–H and O–H groups in total. The Morgan fingerprint density at radius 1 is 0.818 bits per heavy atom. The third kappa shape index (κ3) is 3.69. The van der Waals surface area contributed by atoms with E-state index in [1.165, 1.54) is 34.1 Å². The molecule has 0 aromatic rings. The SMILES string of the molecule is CCC(CCCCN1C(=O)C=CC1=O)CN1C(=O)C=CC1=O. The highest BCUT2D eigenvalue weighted by Gasteiger charge is 2.26. The summed E-state index contributed by atoms with van der Waals surface area (Å²) in [6.45, 7) is 2.88. The van der Waals surface area contributed by atoms with Crippen molar-refractivity contribution < 1.29 is 19.2 Å². The van der Waals surface area contributed by atoms with Gasteiger partial charge in [-0.15, -0.1) is 0 Å². The van der Waals surface area contributed by atoms with E-state index in [0.717, 1.165) is 25.7 Å². The Morgan fingerprint density at radius 3 is 1.82 bits per heavy atom. The number of amides is 4. The van der Waals surface area contributed by atoms with Gasteiger partial charge in [-0.1, -0.05) is 19.8 Å². The van der Waals surface area contributed by atoms with Crippen molar-refractivity contribution in [3.05, 3.63) is 24.3 Å². The van der Waals surface area contributed by atoms with Gasteiger partial charge in [0.1, 0.15) is 0 Å².